The summed E-state index contributed by atoms with van der Waals surface area (Å²) >= 11 is 0. The van der Waals surface area contributed by atoms with Crippen molar-refractivity contribution in [2.45, 2.75) is 71.6 Å². The Hall–Kier alpha value is -0.0800. The van der Waals surface area contributed by atoms with Gasteiger partial charge in [-0.15, -0.1) is 0 Å². The zero-order valence-corrected chi connectivity index (χ0v) is 14.1. The van der Waals surface area contributed by atoms with Gasteiger partial charge in [0.25, 0.3) is 0 Å². The van der Waals surface area contributed by atoms with E-state index in [9.17, 15) is 0 Å². The number of hydrogen-bond donors (Lipinski definition) is 1. The monoisotopic (exact) mass is 283 g/mol. The molecule has 1 saturated carbocycles. The summed E-state index contributed by atoms with van der Waals surface area (Å²) < 4.78 is 5.14. The highest BCUT2D eigenvalue weighted by molar-refractivity contribution is 4.79. The molecule has 0 bridgehead atoms. The van der Waals surface area contributed by atoms with Gasteiger partial charge >= 0.3 is 0 Å². The fraction of sp³-hybridized carbons (Fsp3) is 1.00. The molecule has 1 aliphatic carbocycles. The minimum Gasteiger partial charge on any atom is -0.383 e. The Kier molecular flexibility index (Phi) is 10.4. The molecule has 1 N–H and O–H groups in total. The van der Waals surface area contributed by atoms with Crippen LogP contribution in [0.4, 0.5) is 0 Å². The van der Waals surface area contributed by atoms with Crippen LogP contribution < -0.4 is 5.32 Å². The molecule has 0 aromatic heterocycles. The van der Waals surface area contributed by atoms with Gasteiger partial charge in [0.1, 0.15) is 0 Å². The van der Waals surface area contributed by atoms with Gasteiger partial charge in [-0.3, -0.25) is 0 Å². The van der Waals surface area contributed by atoms with Crippen LogP contribution in [0.25, 0.3) is 0 Å². The molecule has 20 heavy (non-hydrogen) atoms. The number of unbranched alkanes of at least 4 members (excludes halogenated alkanes) is 1. The van der Waals surface area contributed by atoms with Gasteiger partial charge in [0.05, 0.1) is 6.61 Å². The Balaban J connectivity index is 2.38. The van der Waals surface area contributed by atoms with E-state index in [1.807, 2.05) is 0 Å². The first-order chi connectivity index (χ1) is 9.81. The first-order valence-corrected chi connectivity index (χ1v) is 9.01. The Morgan fingerprint density at radius 1 is 1.20 bits per heavy atom. The van der Waals surface area contributed by atoms with Gasteiger partial charge in [0, 0.05) is 13.7 Å². The molecule has 2 nitrogen and oxygen atoms in total. The molecule has 0 spiro atoms. The minimum absolute atomic E-state index is 0.838. The summed E-state index contributed by atoms with van der Waals surface area (Å²) in [7, 11) is 1.79. The molecule has 0 heterocycles. The average Bonchev–Trinajstić information content (AvgIpc) is 3.00. The van der Waals surface area contributed by atoms with Crippen LogP contribution in [0.5, 0.6) is 0 Å². The average molecular weight is 284 g/mol. The first-order valence-electron chi connectivity index (χ1n) is 9.01. The van der Waals surface area contributed by atoms with Gasteiger partial charge in [0.15, 0.2) is 0 Å². The fourth-order valence-corrected chi connectivity index (χ4v) is 3.74. The van der Waals surface area contributed by atoms with Crippen molar-refractivity contribution in [2.24, 2.45) is 17.8 Å². The van der Waals surface area contributed by atoms with E-state index in [1.165, 1.54) is 64.3 Å². The second-order valence-corrected chi connectivity index (χ2v) is 6.65. The topological polar surface area (TPSA) is 21.3 Å². The lowest BCUT2D eigenvalue weighted by molar-refractivity contribution is 0.190. The number of hydrogen-bond acceptors (Lipinski definition) is 2. The Morgan fingerprint density at radius 3 is 2.55 bits per heavy atom. The minimum atomic E-state index is 0.838. The second-order valence-electron chi connectivity index (χ2n) is 6.65. The van der Waals surface area contributed by atoms with Gasteiger partial charge in [-0.05, 0) is 30.7 Å². The third-order valence-corrected chi connectivity index (χ3v) is 5.14. The van der Waals surface area contributed by atoms with Crippen molar-refractivity contribution in [1.29, 1.82) is 0 Å². The summed E-state index contributed by atoms with van der Waals surface area (Å²) in [6.07, 6.45) is 12.9. The molecule has 0 saturated heterocycles. The summed E-state index contributed by atoms with van der Waals surface area (Å²) in [5.41, 5.74) is 0. The highest BCUT2D eigenvalue weighted by atomic mass is 16.5. The maximum Gasteiger partial charge on any atom is 0.0587 e. The van der Waals surface area contributed by atoms with Crippen molar-refractivity contribution < 1.29 is 4.74 Å². The summed E-state index contributed by atoms with van der Waals surface area (Å²) in [6, 6.07) is 0. The number of rotatable bonds is 12. The van der Waals surface area contributed by atoms with Crippen LogP contribution in [0, 0.1) is 17.8 Å². The molecule has 0 aromatic rings. The predicted molar refractivity (Wildman–Crippen MR) is 88.1 cm³/mol. The van der Waals surface area contributed by atoms with Crippen molar-refractivity contribution >= 4 is 0 Å². The third-order valence-electron chi connectivity index (χ3n) is 5.14. The summed E-state index contributed by atoms with van der Waals surface area (Å²) in [5, 5.41) is 3.62. The smallest absolute Gasteiger partial charge is 0.0587 e. The number of nitrogens with one attached hydrogen (secondary N) is 1. The van der Waals surface area contributed by atoms with E-state index in [2.05, 4.69) is 19.2 Å². The van der Waals surface area contributed by atoms with Crippen LogP contribution >= 0.6 is 0 Å². The van der Waals surface area contributed by atoms with Crippen LogP contribution in [0.15, 0.2) is 0 Å². The largest absolute Gasteiger partial charge is 0.383 e. The third kappa shape index (κ3) is 7.08. The lowest BCUT2D eigenvalue weighted by Gasteiger charge is -2.28. The van der Waals surface area contributed by atoms with E-state index in [0.29, 0.717) is 0 Å². The van der Waals surface area contributed by atoms with Crippen molar-refractivity contribution in [1.82, 2.24) is 5.32 Å². The summed E-state index contributed by atoms with van der Waals surface area (Å²) in [4.78, 5) is 0. The van der Waals surface area contributed by atoms with E-state index in [4.69, 9.17) is 4.74 Å². The Bertz CT molecular complexity index is 213. The van der Waals surface area contributed by atoms with Crippen molar-refractivity contribution in [3.8, 4) is 0 Å². The molecule has 120 valence electrons. The zero-order chi connectivity index (χ0) is 14.6. The SMILES string of the molecule is CCCCC(CC)CC(CNCCOC)C1CCCC1. The molecule has 2 atom stereocenters. The molecule has 2 unspecified atom stereocenters. The fourth-order valence-electron chi connectivity index (χ4n) is 3.74. The van der Waals surface area contributed by atoms with Gasteiger partial charge in [-0.1, -0.05) is 65.2 Å². The lowest BCUT2D eigenvalue weighted by atomic mass is 9.81. The van der Waals surface area contributed by atoms with Gasteiger partial charge in [-0.2, -0.15) is 0 Å². The molecule has 1 fully saturated rings. The lowest BCUT2D eigenvalue weighted by Crippen LogP contribution is -2.31. The van der Waals surface area contributed by atoms with Gasteiger partial charge in [0.2, 0.25) is 0 Å². The molecule has 2 heteroatoms. The Labute approximate surface area is 127 Å². The van der Waals surface area contributed by atoms with Crippen LogP contribution in [0.1, 0.15) is 71.6 Å². The van der Waals surface area contributed by atoms with E-state index in [1.54, 1.807) is 7.11 Å². The van der Waals surface area contributed by atoms with E-state index >= 15 is 0 Å². The molecule has 1 rings (SSSR count). The van der Waals surface area contributed by atoms with Crippen LogP contribution in [0.2, 0.25) is 0 Å². The summed E-state index contributed by atoms with van der Waals surface area (Å²) in [6.45, 7) is 7.74. The summed E-state index contributed by atoms with van der Waals surface area (Å²) in [5.74, 6) is 2.83. The molecule has 0 amide bonds. The molecule has 0 aliphatic heterocycles. The number of methoxy groups -OCH3 is 1. The normalized spacial score (nSPS) is 19.4. The van der Waals surface area contributed by atoms with E-state index in [-0.39, 0.29) is 0 Å². The van der Waals surface area contributed by atoms with Crippen molar-refractivity contribution in [3.05, 3.63) is 0 Å². The van der Waals surface area contributed by atoms with Crippen molar-refractivity contribution in [2.75, 3.05) is 26.8 Å². The van der Waals surface area contributed by atoms with Crippen molar-refractivity contribution in [3.63, 3.8) is 0 Å². The zero-order valence-electron chi connectivity index (χ0n) is 14.1. The van der Waals surface area contributed by atoms with Gasteiger partial charge in [-0.25, -0.2) is 0 Å². The second kappa shape index (κ2) is 11.6. The van der Waals surface area contributed by atoms with E-state index < -0.39 is 0 Å². The quantitative estimate of drug-likeness (QED) is 0.527. The Morgan fingerprint density at radius 2 is 1.95 bits per heavy atom. The standard InChI is InChI=1S/C18H37NO/c1-4-6-9-16(5-2)14-18(15-19-12-13-20-3)17-10-7-8-11-17/h16-19H,4-15H2,1-3H3. The predicted octanol–water partition coefficient (Wildman–Crippen LogP) is 4.64. The van der Waals surface area contributed by atoms with Gasteiger partial charge < -0.3 is 10.1 Å². The molecular formula is C18H37NO. The van der Waals surface area contributed by atoms with E-state index in [0.717, 1.165) is 30.9 Å². The van der Waals surface area contributed by atoms with Crippen LogP contribution in [-0.2, 0) is 4.74 Å². The van der Waals surface area contributed by atoms with Crippen LogP contribution in [-0.4, -0.2) is 26.8 Å². The highest BCUT2D eigenvalue weighted by Crippen LogP contribution is 2.35. The maximum absolute atomic E-state index is 5.14. The molecule has 0 aromatic carbocycles. The first kappa shape index (κ1) is 18.0. The number of ether oxygens (including phenoxy) is 1. The molecule has 0 radical (unpaired) electrons. The maximum atomic E-state index is 5.14. The molecule has 1 aliphatic rings. The molecular weight excluding hydrogens is 246 g/mol. The van der Waals surface area contributed by atoms with Crippen LogP contribution in [0.3, 0.4) is 0 Å². The highest BCUT2D eigenvalue weighted by Gasteiger charge is 2.26.